The van der Waals surface area contributed by atoms with Crippen LogP contribution >= 0.6 is 11.6 Å². The summed E-state index contributed by atoms with van der Waals surface area (Å²) >= 11 is 6.68. The molecule has 18 heteroatoms. The maximum Gasteiger partial charge on any atom is 0.329 e. The Labute approximate surface area is 397 Å². The van der Waals surface area contributed by atoms with Gasteiger partial charge in [-0.15, -0.1) is 0 Å². The molecule has 2 atom stereocenters. The quantitative estimate of drug-likeness (QED) is 0.0912. The van der Waals surface area contributed by atoms with E-state index in [2.05, 4.69) is 25.9 Å². The second-order valence-electron chi connectivity index (χ2n) is 18.1. The number of amides is 5. The van der Waals surface area contributed by atoms with Crippen LogP contribution in [0.25, 0.3) is 22.0 Å². The van der Waals surface area contributed by atoms with Gasteiger partial charge in [-0.2, -0.15) is 5.10 Å². The fourth-order valence-electron chi connectivity index (χ4n) is 10.5. The Kier molecular flexibility index (Phi) is 13.3. The molecule has 5 aromatic rings. The molecule has 2 saturated heterocycles. The number of halogens is 3. The van der Waals surface area contributed by atoms with Gasteiger partial charge in [0.05, 0.1) is 17.7 Å². The lowest BCUT2D eigenvalue weighted by Crippen LogP contribution is -2.49. The van der Waals surface area contributed by atoms with E-state index in [-0.39, 0.29) is 76.1 Å². The molecule has 358 valence electrons. The van der Waals surface area contributed by atoms with Crippen molar-refractivity contribution in [1.82, 2.24) is 30.6 Å². The lowest BCUT2D eigenvalue weighted by atomic mass is 9.77. The molecular formula is C50H55ClF2N8O7. The van der Waals surface area contributed by atoms with Crippen LogP contribution in [0.3, 0.4) is 0 Å². The molecule has 9 rings (SSSR count). The lowest BCUT2D eigenvalue weighted by Gasteiger charge is -2.37. The largest absolute Gasteiger partial charge is 0.494 e. The van der Waals surface area contributed by atoms with Gasteiger partial charge in [0.1, 0.15) is 28.9 Å². The number of carbonyl (C=O) groups is 4. The van der Waals surface area contributed by atoms with E-state index in [1.54, 1.807) is 4.68 Å². The van der Waals surface area contributed by atoms with Crippen molar-refractivity contribution in [2.45, 2.75) is 75.5 Å². The van der Waals surface area contributed by atoms with Crippen LogP contribution in [-0.2, 0) is 22.2 Å². The van der Waals surface area contributed by atoms with Gasteiger partial charge in [0.25, 0.3) is 0 Å². The number of hydrogen-bond donors (Lipinski definition) is 4. The van der Waals surface area contributed by atoms with E-state index in [0.29, 0.717) is 43.1 Å². The van der Waals surface area contributed by atoms with E-state index in [1.165, 1.54) is 30.2 Å². The number of urea groups is 1. The van der Waals surface area contributed by atoms with Crippen molar-refractivity contribution in [2.75, 3.05) is 51.3 Å². The maximum absolute atomic E-state index is 16.2. The van der Waals surface area contributed by atoms with Crippen molar-refractivity contribution in [1.29, 1.82) is 0 Å². The molecule has 0 radical (unpaired) electrons. The number of likely N-dealkylation sites (tertiary alicyclic amines) is 1. The molecule has 3 fully saturated rings. The summed E-state index contributed by atoms with van der Waals surface area (Å²) in [7, 11) is 3.11. The third-order valence-electron chi connectivity index (χ3n) is 14.2. The number of benzene rings is 4. The number of nitrogens with two attached hydrogens (primary N) is 1. The van der Waals surface area contributed by atoms with Gasteiger partial charge in [-0.3, -0.25) is 29.3 Å². The summed E-state index contributed by atoms with van der Waals surface area (Å²) < 4.78 is 52.2. The Morgan fingerprint density at radius 2 is 1.72 bits per heavy atom. The van der Waals surface area contributed by atoms with E-state index in [4.69, 9.17) is 31.5 Å². The van der Waals surface area contributed by atoms with Crippen molar-refractivity contribution in [3.05, 3.63) is 100 Å². The summed E-state index contributed by atoms with van der Waals surface area (Å²) in [5.74, 6) is -2.33. The Morgan fingerprint density at radius 3 is 2.43 bits per heavy atom. The normalized spacial score (nSPS) is 22.1. The van der Waals surface area contributed by atoms with Crippen LogP contribution in [0, 0.1) is 17.6 Å². The van der Waals surface area contributed by atoms with Crippen molar-refractivity contribution in [2.24, 2.45) is 18.7 Å². The smallest absolute Gasteiger partial charge is 0.329 e. The SMILES string of the molecule is COc1ccc(C(N)=O)c(-c2c(Cl)c(F)cc3c2C(C)C(CNC2CCC(C(=O)NCCN4CCC(Oc5cccc6c(N7CCC(=O)NC7=O)nn(C)c56)CC4)CC2)(c2ccccc2)O3)c1F. The zero-order valence-electron chi connectivity index (χ0n) is 38.2. The number of piperidine rings is 1. The summed E-state index contributed by atoms with van der Waals surface area (Å²) in [4.78, 5) is 54.2. The van der Waals surface area contributed by atoms with Crippen molar-refractivity contribution < 1.29 is 42.2 Å². The number of aromatic nitrogens is 2. The number of ether oxygens (including phenoxy) is 3. The van der Waals surface area contributed by atoms with Gasteiger partial charge in [0.15, 0.2) is 23.0 Å². The first kappa shape index (κ1) is 46.8. The molecule has 1 aromatic heterocycles. The summed E-state index contributed by atoms with van der Waals surface area (Å²) in [5.41, 5.74) is 6.24. The molecule has 1 saturated carbocycles. The lowest BCUT2D eigenvalue weighted by molar-refractivity contribution is -0.126. The van der Waals surface area contributed by atoms with E-state index in [9.17, 15) is 19.2 Å². The first-order chi connectivity index (χ1) is 32.8. The highest BCUT2D eigenvalue weighted by Crippen LogP contribution is 2.56. The Morgan fingerprint density at radius 1 is 0.971 bits per heavy atom. The zero-order valence-corrected chi connectivity index (χ0v) is 39.0. The van der Waals surface area contributed by atoms with Gasteiger partial charge in [0.2, 0.25) is 17.7 Å². The fourth-order valence-corrected chi connectivity index (χ4v) is 10.7. The molecule has 0 bridgehead atoms. The minimum atomic E-state index is -1.08. The minimum absolute atomic E-state index is 0.00948. The molecule has 15 nitrogen and oxygen atoms in total. The maximum atomic E-state index is 16.2. The van der Waals surface area contributed by atoms with Crippen molar-refractivity contribution >= 4 is 52.1 Å². The number of primary amides is 1. The summed E-state index contributed by atoms with van der Waals surface area (Å²) in [6, 6.07) is 18.7. The number of carbonyl (C=O) groups excluding carboxylic acids is 4. The number of anilines is 1. The number of para-hydroxylation sites is 1. The molecule has 68 heavy (non-hydrogen) atoms. The summed E-state index contributed by atoms with van der Waals surface area (Å²) in [6.07, 6.45) is 4.73. The van der Waals surface area contributed by atoms with E-state index in [0.717, 1.165) is 61.8 Å². The number of fused-ring (bicyclic) bond motifs is 2. The molecule has 4 aliphatic rings. The zero-order chi connectivity index (χ0) is 47.9. The predicted octanol–water partition coefficient (Wildman–Crippen LogP) is 6.93. The van der Waals surface area contributed by atoms with Crippen LogP contribution in [0.5, 0.6) is 17.2 Å². The molecule has 0 spiro atoms. The van der Waals surface area contributed by atoms with Gasteiger partial charge in [-0.05, 0) is 68.4 Å². The number of rotatable bonds is 14. The third-order valence-corrected chi connectivity index (χ3v) is 14.5. The molecule has 5 amide bonds. The topological polar surface area (TPSA) is 182 Å². The van der Waals surface area contributed by atoms with E-state index < -0.39 is 35.1 Å². The van der Waals surface area contributed by atoms with Crippen molar-refractivity contribution in [3.8, 4) is 28.4 Å². The van der Waals surface area contributed by atoms with E-state index in [1.807, 2.05) is 62.5 Å². The highest BCUT2D eigenvalue weighted by atomic mass is 35.5. The number of methoxy groups -OCH3 is 1. The molecule has 5 N–H and O–H groups in total. The Balaban J connectivity index is 0.784. The number of nitrogens with zero attached hydrogens (tertiary/aromatic N) is 4. The van der Waals surface area contributed by atoms with Gasteiger partial charge in [-0.1, -0.05) is 54.9 Å². The number of imide groups is 1. The Bertz CT molecular complexity index is 2760. The van der Waals surface area contributed by atoms with Crippen LogP contribution in [-0.4, -0.2) is 97.0 Å². The monoisotopic (exact) mass is 952 g/mol. The highest BCUT2D eigenvalue weighted by molar-refractivity contribution is 6.34. The van der Waals surface area contributed by atoms with Gasteiger partial charge in [-0.25, -0.2) is 13.6 Å². The number of nitrogens with one attached hydrogen (secondary N) is 3. The van der Waals surface area contributed by atoms with Gasteiger partial charge in [0, 0.05) is 98.8 Å². The van der Waals surface area contributed by atoms with Crippen LogP contribution < -0.4 is 40.8 Å². The molecular weight excluding hydrogens is 898 g/mol. The summed E-state index contributed by atoms with van der Waals surface area (Å²) in [5, 5.41) is 14.3. The molecule has 2 unspecified atom stereocenters. The highest BCUT2D eigenvalue weighted by Gasteiger charge is 2.50. The van der Waals surface area contributed by atoms with Gasteiger partial charge < -0.3 is 35.5 Å². The molecule has 3 aliphatic heterocycles. The number of hydrogen-bond acceptors (Lipinski definition) is 10. The standard InChI is InChI=1S/C50H55ClF2N8O7/c1-28-40-38(26-35(52)43(51)42(40)41-33(46(54)63)16-17-36(66-3)44(41)53)68-50(28,30-8-5-4-6-9-30)27-56-31-14-12-29(13-15-31)48(64)55-21-25-60-22-18-32(19-23-60)67-37-11-7-10-34-45(37)59(2)58-47(34)61-24-20-39(62)57-49(61)65/h4-11,16-17,26,28-29,31-32,56H,12-15,18-25,27H2,1-3H3,(H2,54,63)(H,55,64)(H,57,62,65). The molecule has 4 heterocycles. The average Bonchev–Trinajstić information content (AvgIpc) is 3.82. The van der Waals surface area contributed by atoms with Gasteiger partial charge >= 0.3 is 6.03 Å². The minimum Gasteiger partial charge on any atom is -0.494 e. The first-order valence-corrected chi connectivity index (χ1v) is 23.6. The van der Waals surface area contributed by atoms with Crippen LogP contribution in [0.2, 0.25) is 5.02 Å². The Hall–Kier alpha value is -6.30. The van der Waals surface area contributed by atoms with E-state index >= 15 is 8.78 Å². The van der Waals surface area contributed by atoms with Crippen LogP contribution in [0.15, 0.2) is 66.7 Å². The molecule has 1 aliphatic carbocycles. The van der Waals surface area contributed by atoms with Crippen LogP contribution in [0.4, 0.5) is 19.4 Å². The third kappa shape index (κ3) is 8.82. The first-order valence-electron chi connectivity index (χ1n) is 23.2. The van der Waals surface area contributed by atoms with Crippen LogP contribution in [0.1, 0.15) is 79.3 Å². The average molecular weight is 953 g/mol. The molecule has 4 aromatic carbocycles. The predicted molar refractivity (Wildman–Crippen MR) is 252 cm³/mol. The summed E-state index contributed by atoms with van der Waals surface area (Å²) in [6.45, 7) is 5.39. The fraction of sp³-hybridized carbons (Fsp3) is 0.420. The second kappa shape index (κ2) is 19.4. The number of aryl methyl sites for hydroxylation is 1. The second-order valence-corrected chi connectivity index (χ2v) is 18.5. The van der Waals surface area contributed by atoms with Crippen molar-refractivity contribution in [3.63, 3.8) is 0 Å².